The zero-order valence-electron chi connectivity index (χ0n) is 14.7. The third kappa shape index (κ3) is 6.44. The molecule has 0 saturated heterocycles. The van der Waals surface area contributed by atoms with Gasteiger partial charge in [-0.1, -0.05) is 80.3 Å². The van der Waals surface area contributed by atoms with Crippen molar-refractivity contribution in [1.29, 1.82) is 0 Å². The Morgan fingerprint density at radius 3 is 2.29 bits per heavy atom. The molecule has 24 heavy (non-hydrogen) atoms. The number of benzene rings is 2. The molecule has 1 atom stereocenters. The van der Waals surface area contributed by atoms with Crippen LogP contribution in [0.5, 0.6) is 0 Å². The molecule has 0 spiro atoms. The Kier molecular flexibility index (Phi) is 6.85. The first-order chi connectivity index (χ1) is 11.6. The number of rotatable bonds is 7. The molecular formula is C23H26O. The molecule has 0 aliphatic carbocycles. The lowest BCUT2D eigenvalue weighted by molar-refractivity contribution is 0.0221. The predicted octanol–water partition coefficient (Wildman–Crippen LogP) is 5.62. The van der Waals surface area contributed by atoms with Gasteiger partial charge in [-0.2, -0.15) is 0 Å². The molecule has 0 saturated carbocycles. The van der Waals surface area contributed by atoms with E-state index in [1.54, 1.807) is 0 Å². The average molecular weight is 318 g/mol. The lowest BCUT2D eigenvalue weighted by atomic mass is 9.86. The lowest BCUT2D eigenvalue weighted by Crippen LogP contribution is -2.21. The largest absolute Gasteiger partial charge is 0.373 e. The Hall–Kier alpha value is -2.30. The van der Waals surface area contributed by atoms with Gasteiger partial charge in [0.25, 0.3) is 0 Å². The summed E-state index contributed by atoms with van der Waals surface area (Å²) < 4.78 is 6.15. The molecule has 2 aromatic carbocycles. The summed E-state index contributed by atoms with van der Waals surface area (Å²) in [6.07, 6.45) is 3.72. The number of hydrogen-bond acceptors (Lipinski definition) is 1. The van der Waals surface area contributed by atoms with E-state index >= 15 is 0 Å². The van der Waals surface area contributed by atoms with Crippen molar-refractivity contribution in [3.63, 3.8) is 0 Å². The fourth-order valence-corrected chi connectivity index (χ4v) is 2.44. The van der Waals surface area contributed by atoms with Gasteiger partial charge in [0.2, 0.25) is 0 Å². The lowest BCUT2D eigenvalue weighted by Gasteiger charge is -2.26. The minimum Gasteiger partial charge on any atom is -0.373 e. The minimum atomic E-state index is 0.0375. The van der Waals surface area contributed by atoms with Crippen molar-refractivity contribution in [1.82, 2.24) is 0 Å². The van der Waals surface area contributed by atoms with Crippen LogP contribution < -0.4 is 0 Å². The van der Waals surface area contributed by atoms with Gasteiger partial charge < -0.3 is 4.74 Å². The fourth-order valence-electron chi connectivity index (χ4n) is 2.44. The molecule has 1 unspecified atom stereocenters. The second kappa shape index (κ2) is 9.11. The van der Waals surface area contributed by atoms with Crippen molar-refractivity contribution in [2.45, 2.75) is 39.4 Å². The monoisotopic (exact) mass is 318 g/mol. The van der Waals surface area contributed by atoms with E-state index in [0.29, 0.717) is 6.61 Å². The molecule has 1 nitrogen and oxygen atoms in total. The van der Waals surface area contributed by atoms with Crippen LogP contribution in [-0.2, 0) is 11.3 Å². The SMILES string of the molecule is C=CC(C)(C)CC(CC#Cc1ccccc1)OCc1ccccc1. The van der Waals surface area contributed by atoms with Crippen molar-refractivity contribution in [3.8, 4) is 11.8 Å². The molecule has 0 bridgehead atoms. The van der Waals surface area contributed by atoms with Crippen LogP contribution in [0.1, 0.15) is 37.8 Å². The highest BCUT2D eigenvalue weighted by Crippen LogP contribution is 2.26. The summed E-state index contributed by atoms with van der Waals surface area (Å²) >= 11 is 0. The molecule has 0 aromatic heterocycles. The van der Waals surface area contributed by atoms with Gasteiger partial charge in [-0.3, -0.25) is 0 Å². The molecule has 0 heterocycles. The van der Waals surface area contributed by atoms with Gasteiger partial charge in [0, 0.05) is 12.0 Å². The summed E-state index contributed by atoms with van der Waals surface area (Å²) in [5.41, 5.74) is 2.27. The number of ether oxygens (including phenoxy) is 1. The zero-order valence-corrected chi connectivity index (χ0v) is 14.7. The Labute approximate surface area is 146 Å². The van der Waals surface area contributed by atoms with Crippen molar-refractivity contribution >= 4 is 0 Å². The first kappa shape index (κ1) is 18.0. The molecule has 2 aromatic rings. The number of hydrogen-bond donors (Lipinski definition) is 0. The molecule has 124 valence electrons. The van der Waals surface area contributed by atoms with Crippen molar-refractivity contribution in [2.75, 3.05) is 0 Å². The molecule has 0 aliphatic heterocycles. The van der Waals surface area contributed by atoms with Crippen LogP contribution in [0.4, 0.5) is 0 Å². The molecule has 0 amide bonds. The van der Waals surface area contributed by atoms with E-state index in [1.165, 1.54) is 5.56 Å². The van der Waals surface area contributed by atoms with Gasteiger partial charge >= 0.3 is 0 Å². The van der Waals surface area contributed by atoms with Crippen LogP contribution in [-0.4, -0.2) is 6.10 Å². The molecule has 1 heteroatoms. The van der Waals surface area contributed by atoms with Gasteiger partial charge in [0.1, 0.15) is 0 Å². The Morgan fingerprint density at radius 1 is 1.04 bits per heavy atom. The van der Waals surface area contributed by atoms with Crippen LogP contribution in [0.25, 0.3) is 0 Å². The maximum absolute atomic E-state index is 6.15. The van der Waals surface area contributed by atoms with Crippen LogP contribution in [0.3, 0.4) is 0 Å². The normalized spacial score (nSPS) is 12.1. The molecule has 0 radical (unpaired) electrons. The summed E-state index contributed by atoms with van der Waals surface area (Å²) in [6.45, 7) is 8.92. The first-order valence-corrected chi connectivity index (χ1v) is 8.42. The summed E-state index contributed by atoms with van der Waals surface area (Å²) in [5, 5.41) is 0. The quantitative estimate of drug-likeness (QED) is 0.476. The summed E-state index contributed by atoms with van der Waals surface area (Å²) in [6, 6.07) is 20.4. The Balaban J connectivity index is 1.99. The maximum Gasteiger partial charge on any atom is 0.0721 e. The molecule has 0 fully saturated rings. The maximum atomic E-state index is 6.15. The highest BCUT2D eigenvalue weighted by atomic mass is 16.5. The second-order valence-electron chi connectivity index (χ2n) is 6.69. The van der Waals surface area contributed by atoms with Crippen molar-refractivity contribution in [3.05, 3.63) is 84.4 Å². The van der Waals surface area contributed by atoms with Crippen molar-refractivity contribution < 1.29 is 4.74 Å². The van der Waals surface area contributed by atoms with Gasteiger partial charge in [-0.05, 0) is 29.5 Å². The smallest absolute Gasteiger partial charge is 0.0721 e. The average Bonchev–Trinajstić information content (AvgIpc) is 2.61. The van der Waals surface area contributed by atoms with Gasteiger partial charge in [0.15, 0.2) is 0 Å². The van der Waals surface area contributed by atoms with E-state index in [2.05, 4.69) is 44.4 Å². The summed E-state index contributed by atoms with van der Waals surface area (Å²) in [4.78, 5) is 0. The molecule has 0 aliphatic rings. The van der Waals surface area contributed by atoms with Gasteiger partial charge in [-0.15, -0.1) is 6.58 Å². The highest BCUT2D eigenvalue weighted by molar-refractivity contribution is 5.33. The van der Waals surface area contributed by atoms with Gasteiger partial charge in [0.05, 0.1) is 12.7 Å². The first-order valence-electron chi connectivity index (χ1n) is 8.42. The molecule has 2 rings (SSSR count). The van der Waals surface area contributed by atoms with Gasteiger partial charge in [-0.25, -0.2) is 0 Å². The fraction of sp³-hybridized carbons (Fsp3) is 0.304. The van der Waals surface area contributed by atoms with E-state index in [4.69, 9.17) is 4.74 Å². The third-order valence-electron chi connectivity index (χ3n) is 3.97. The van der Waals surface area contributed by atoms with E-state index in [0.717, 1.165) is 18.4 Å². The van der Waals surface area contributed by atoms with Crippen molar-refractivity contribution in [2.24, 2.45) is 5.41 Å². The van der Waals surface area contributed by atoms with Crippen LogP contribution >= 0.6 is 0 Å². The van der Waals surface area contributed by atoms with E-state index in [-0.39, 0.29) is 11.5 Å². The Morgan fingerprint density at radius 2 is 1.67 bits per heavy atom. The van der Waals surface area contributed by atoms with E-state index in [1.807, 2.05) is 54.6 Å². The Bertz CT molecular complexity index is 674. The predicted molar refractivity (Wildman–Crippen MR) is 102 cm³/mol. The number of allylic oxidation sites excluding steroid dienone is 1. The standard InChI is InChI=1S/C23H26O/c1-4-23(2,3)18-22(24-19-21-14-9-6-10-15-21)17-11-16-20-12-7-5-8-13-20/h4-10,12-15,22H,1,17-19H2,2-3H3. The summed E-state index contributed by atoms with van der Waals surface area (Å²) in [5.74, 6) is 6.50. The van der Waals surface area contributed by atoms with Crippen LogP contribution in [0.15, 0.2) is 73.3 Å². The molecular weight excluding hydrogens is 292 g/mol. The van der Waals surface area contributed by atoms with Crippen LogP contribution in [0.2, 0.25) is 0 Å². The zero-order chi connectivity index (χ0) is 17.3. The highest BCUT2D eigenvalue weighted by Gasteiger charge is 2.20. The minimum absolute atomic E-state index is 0.0375. The van der Waals surface area contributed by atoms with Crippen LogP contribution in [0, 0.1) is 17.3 Å². The second-order valence-corrected chi connectivity index (χ2v) is 6.69. The van der Waals surface area contributed by atoms with E-state index < -0.39 is 0 Å². The third-order valence-corrected chi connectivity index (χ3v) is 3.97. The topological polar surface area (TPSA) is 9.23 Å². The molecule has 0 N–H and O–H groups in total. The van der Waals surface area contributed by atoms with E-state index in [9.17, 15) is 0 Å². The summed E-state index contributed by atoms with van der Waals surface area (Å²) in [7, 11) is 0.